The Labute approximate surface area is 179 Å². The maximum absolute atomic E-state index is 13.4. The zero-order valence-corrected chi connectivity index (χ0v) is 17.5. The van der Waals surface area contributed by atoms with E-state index in [0.29, 0.717) is 40.6 Å². The highest BCUT2D eigenvalue weighted by Gasteiger charge is 2.42. The molecule has 8 nitrogen and oxygen atoms in total. The second-order valence-corrected chi connectivity index (χ2v) is 7.83. The number of carbonyl (C=O) groups excluding carboxylic acids is 1. The van der Waals surface area contributed by atoms with Crippen LogP contribution in [-0.2, 0) is 4.74 Å². The molecule has 0 spiro atoms. The van der Waals surface area contributed by atoms with E-state index in [4.69, 9.17) is 9.15 Å². The number of amides is 1. The van der Waals surface area contributed by atoms with Crippen LogP contribution in [0.25, 0.3) is 11.0 Å². The third-order valence-corrected chi connectivity index (χ3v) is 5.57. The van der Waals surface area contributed by atoms with E-state index in [0.717, 1.165) is 0 Å². The first-order chi connectivity index (χ1) is 14.4. The summed E-state index contributed by atoms with van der Waals surface area (Å²) in [5.74, 6) is -0.441. The quantitative estimate of drug-likeness (QED) is 0.304. The largest absolute Gasteiger partial charge is 0.450 e. The lowest BCUT2D eigenvalue weighted by atomic mass is 9.98. The van der Waals surface area contributed by atoms with Crippen LogP contribution < -0.4 is 5.43 Å². The molecule has 0 saturated carbocycles. The van der Waals surface area contributed by atoms with Crippen molar-refractivity contribution in [1.82, 2.24) is 4.90 Å². The number of nitrogens with zero attached hydrogens (tertiary/aromatic N) is 2. The molecule has 2 aromatic carbocycles. The number of nitro benzene ring substituents is 1. The van der Waals surface area contributed by atoms with Gasteiger partial charge in [-0.05, 0) is 30.2 Å². The van der Waals surface area contributed by atoms with E-state index in [-0.39, 0.29) is 22.4 Å². The Bertz CT molecular complexity index is 1220. The average Bonchev–Trinajstić information content (AvgIpc) is 3.01. The first-order valence-electron chi connectivity index (χ1n) is 9.23. The molecule has 30 heavy (non-hydrogen) atoms. The van der Waals surface area contributed by atoms with Gasteiger partial charge in [0.05, 0.1) is 21.9 Å². The lowest BCUT2D eigenvalue weighted by Gasteiger charge is -2.24. The van der Waals surface area contributed by atoms with Crippen molar-refractivity contribution >= 4 is 38.5 Å². The summed E-state index contributed by atoms with van der Waals surface area (Å²) in [4.78, 5) is 38.8. The van der Waals surface area contributed by atoms with Crippen molar-refractivity contribution in [2.24, 2.45) is 0 Å². The van der Waals surface area contributed by atoms with Crippen molar-refractivity contribution in [2.45, 2.75) is 12.5 Å². The monoisotopic (exact) mass is 472 g/mol. The van der Waals surface area contributed by atoms with E-state index in [1.54, 1.807) is 37.4 Å². The molecule has 1 aliphatic heterocycles. The molecule has 0 radical (unpaired) electrons. The van der Waals surface area contributed by atoms with Crippen molar-refractivity contribution in [3.05, 3.63) is 84.2 Å². The SMILES string of the molecule is COCCCN1C(=O)c2oc3ccc(Br)cc3c(=O)c2[C@H]1c1cccc([N+](=O)[O-])c1. The molecule has 4 rings (SSSR count). The number of methoxy groups -OCH3 is 1. The van der Waals surface area contributed by atoms with Gasteiger partial charge in [-0.1, -0.05) is 28.1 Å². The van der Waals surface area contributed by atoms with Gasteiger partial charge in [0.25, 0.3) is 11.6 Å². The highest BCUT2D eigenvalue weighted by Crippen LogP contribution is 2.39. The lowest BCUT2D eigenvalue weighted by molar-refractivity contribution is -0.384. The predicted molar refractivity (Wildman–Crippen MR) is 113 cm³/mol. The topological polar surface area (TPSA) is 103 Å². The number of hydrogen-bond acceptors (Lipinski definition) is 6. The van der Waals surface area contributed by atoms with Gasteiger partial charge in [0.15, 0.2) is 5.43 Å². The molecule has 3 aromatic rings. The predicted octanol–water partition coefficient (Wildman–Crippen LogP) is 4.05. The molecule has 0 saturated heterocycles. The summed E-state index contributed by atoms with van der Waals surface area (Å²) >= 11 is 3.35. The zero-order valence-electron chi connectivity index (χ0n) is 16.0. The Hall–Kier alpha value is -3.04. The number of hydrogen-bond donors (Lipinski definition) is 0. The van der Waals surface area contributed by atoms with E-state index in [2.05, 4.69) is 15.9 Å². The molecule has 0 N–H and O–H groups in total. The van der Waals surface area contributed by atoms with E-state index < -0.39 is 16.9 Å². The van der Waals surface area contributed by atoms with Crippen molar-refractivity contribution in [3.63, 3.8) is 0 Å². The lowest BCUT2D eigenvalue weighted by Crippen LogP contribution is -2.31. The molecule has 1 aliphatic rings. The van der Waals surface area contributed by atoms with Gasteiger partial charge < -0.3 is 14.1 Å². The molecular weight excluding hydrogens is 456 g/mol. The van der Waals surface area contributed by atoms with Gasteiger partial charge >= 0.3 is 0 Å². The second-order valence-electron chi connectivity index (χ2n) is 6.91. The van der Waals surface area contributed by atoms with Gasteiger partial charge in [0.1, 0.15) is 5.58 Å². The van der Waals surface area contributed by atoms with Crippen LogP contribution in [-0.4, -0.2) is 36.0 Å². The van der Waals surface area contributed by atoms with Crippen LogP contribution in [0.2, 0.25) is 0 Å². The molecule has 0 aliphatic carbocycles. The minimum atomic E-state index is -0.774. The van der Waals surface area contributed by atoms with Gasteiger partial charge in [-0.2, -0.15) is 0 Å². The maximum atomic E-state index is 13.4. The molecular formula is C21H17BrN2O6. The van der Waals surface area contributed by atoms with Gasteiger partial charge in [0, 0.05) is 36.9 Å². The summed E-state index contributed by atoms with van der Waals surface area (Å²) in [6.07, 6.45) is 0.543. The first kappa shape index (κ1) is 20.2. The summed E-state index contributed by atoms with van der Waals surface area (Å²) in [5, 5.41) is 11.6. The number of benzene rings is 2. The van der Waals surface area contributed by atoms with Crippen LogP contribution in [0.3, 0.4) is 0 Å². The van der Waals surface area contributed by atoms with Crippen LogP contribution >= 0.6 is 15.9 Å². The molecule has 0 bridgehead atoms. The Balaban J connectivity index is 1.93. The second kappa shape index (κ2) is 8.00. The normalized spacial score (nSPS) is 15.6. The molecule has 2 heterocycles. The van der Waals surface area contributed by atoms with Crippen molar-refractivity contribution in [1.29, 1.82) is 0 Å². The van der Waals surface area contributed by atoms with Crippen LogP contribution in [0.15, 0.2) is 56.1 Å². The van der Waals surface area contributed by atoms with E-state index in [1.165, 1.54) is 17.0 Å². The third-order valence-electron chi connectivity index (χ3n) is 5.07. The molecule has 1 atom stereocenters. The first-order valence-corrected chi connectivity index (χ1v) is 10.0. The zero-order chi connectivity index (χ0) is 21.4. The highest BCUT2D eigenvalue weighted by molar-refractivity contribution is 9.10. The van der Waals surface area contributed by atoms with Crippen LogP contribution in [0, 0.1) is 10.1 Å². The Kier molecular flexibility index (Phi) is 5.40. The minimum absolute atomic E-state index is 0.0243. The Morgan fingerprint density at radius 2 is 2.03 bits per heavy atom. The van der Waals surface area contributed by atoms with Crippen molar-refractivity contribution in [2.75, 3.05) is 20.3 Å². The van der Waals surface area contributed by atoms with Gasteiger partial charge in [0.2, 0.25) is 5.76 Å². The average molecular weight is 473 g/mol. The molecule has 0 unspecified atom stereocenters. The molecule has 1 amide bonds. The van der Waals surface area contributed by atoms with Crippen molar-refractivity contribution in [3.8, 4) is 0 Å². The third kappa shape index (κ3) is 3.40. The van der Waals surface area contributed by atoms with Crippen molar-refractivity contribution < 1.29 is 18.9 Å². The van der Waals surface area contributed by atoms with E-state index in [9.17, 15) is 19.7 Å². The number of nitro groups is 1. The van der Waals surface area contributed by atoms with E-state index >= 15 is 0 Å². The Morgan fingerprint density at radius 3 is 2.77 bits per heavy atom. The Morgan fingerprint density at radius 1 is 1.23 bits per heavy atom. The molecule has 9 heteroatoms. The van der Waals surface area contributed by atoms with Gasteiger partial charge in [-0.3, -0.25) is 19.7 Å². The summed E-state index contributed by atoms with van der Waals surface area (Å²) in [6, 6.07) is 10.2. The number of rotatable bonds is 6. The molecule has 1 aromatic heterocycles. The summed E-state index contributed by atoms with van der Waals surface area (Å²) < 4.78 is 11.6. The molecule has 154 valence electrons. The fraction of sp³-hybridized carbons (Fsp3) is 0.238. The number of fused-ring (bicyclic) bond motifs is 2. The number of halogens is 1. The maximum Gasteiger partial charge on any atom is 0.290 e. The van der Waals surface area contributed by atoms with E-state index in [1.807, 2.05) is 0 Å². The number of carbonyl (C=O) groups is 1. The summed E-state index contributed by atoms with van der Waals surface area (Å²) in [7, 11) is 1.56. The summed E-state index contributed by atoms with van der Waals surface area (Å²) in [6.45, 7) is 0.738. The number of non-ortho nitro benzene ring substituents is 1. The molecule has 0 fully saturated rings. The smallest absolute Gasteiger partial charge is 0.290 e. The fourth-order valence-electron chi connectivity index (χ4n) is 3.76. The van der Waals surface area contributed by atoms with Gasteiger partial charge in [-0.25, -0.2) is 0 Å². The standard InChI is InChI=1S/C21H17BrN2O6/c1-29-9-3-8-23-18(12-4-2-5-14(10-12)24(27)28)17-19(25)15-11-13(22)6-7-16(15)30-20(17)21(23)26/h2,4-7,10-11,18H,3,8-9H2,1H3/t18-/m1/s1. The van der Waals surface area contributed by atoms with Crippen LogP contribution in [0.4, 0.5) is 5.69 Å². The fourth-order valence-corrected chi connectivity index (χ4v) is 4.12. The summed E-state index contributed by atoms with van der Waals surface area (Å²) in [5.41, 5.74) is 0.551. The highest BCUT2D eigenvalue weighted by atomic mass is 79.9. The van der Waals surface area contributed by atoms with Crippen LogP contribution in [0.1, 0.15) is 34.1 Å². The van der Waals surface area contributed by atoms with Gasteiger partial charge in [-0.15, -0.1) is 0 Å². The minimum Gasteiger partial charge on any atom is -0.450 e. The van der Waals surface area contributed by atoms with Crippen LogP contribution in [0.5, 0.6) is 0 Å². The number of ether oxygens (including phenoxy) is 1.